The van der Waals surface area contributed by atoms with Crippen molar-refractivity contribution in [2.24, 2.45) is 11.8 Å². The Balaban J connectivity index is 1.20. The highest BCUT2D eigenvalue weighted by atomic mass is 32.2. The van der Waals surface area contributed by atoms with Crippen LogP contribution < -0.4 is 19.5 Å². The predicted molar refractivity (Wildman–Crippen MR) is 183 cm³/mol. The van der Waals surface area contributed by atoms with E-state index in [9.17, 15) is 18.3 Å². The first-order chi connectivity index (χ1) is 24.2. The number of alkyl carbamates (subject to hydrolysis) is 1. The Hall–Kier alpha value is -3.88. The van der Waals surface area contributed by atoms with Gasteiger partial charge in [-0.25, -0.2) is 13.2 Å². The topological polar surface area (TPSA) is 142 Å². The summed E-state index contributed by atoms with van der Waals surface area (Å²) in [5, 5.41) is 14.6. The number of carbonyl (C=O) groups excluding carboxylic acids is 1. The number of benzene rings is 3. The largest absolute Gasteiger partial charge is 0.489 e. The molecule has 3 aliphatic rings. The van der Waals surface area contributed by atoms with Crippen molar-refractivity contribution in [3.05, 3.63) is 83.9 Å². The highest BCUT2D eigenvalue weighted by Crippen LogP contribution is 2.35. The van der Waals surface area contributed by atoms with E-state index in [1.807, 2.05) is 68.4 Å². The molecule has 50 heavy (non-hydrogen) atoms. The lowest BCUT2D eigenvalue weighted by molar-refractivity contribution is -0.0907. The standard InChI is InChI=1S/C37H46N2O10S/c1-3-25(4-2)20-39(50(42,43)29-14-15-33-34(19-29)48-24-47-33)21-32(40)31(38-37(41)49-35-23-46-36-30(35)16-17-44-36)18-26-10-12-28(13-11-26)45-22-27-8-6-5-7-9-27/h5-15,19,25,30-32,35-36,40H,3-4,16-18,20-24H2,1-2H3,(H,38,41)/t30-,31-,32+,35-,36+/m0/s1. The number of amides is 1. The van der Waals surface area contributed by atoms with Crippen LogP contribution in [-0.4, -0.2) is 81.6 Å². The van der Waals surface area contributed by atoms with Gasteiger partial charge < -0.3 is 38.8 Å². The molecule has 0 radical (unpaired) electrons. The third kappa shape index (κ3) is 8.70. The van der Waals surface area contributed by atoms with Crippen molar-refractivity contribution in [3.63, 3.8) is 0 Å². The molecule has 2 saturated heterocycles. The van der Waals surface area contributed by atoms with Gasteiger partial charge in [-0.05, 0) is 54.2 Å². The van der Waals surface area contributed by atoms with Gasteiger partial charge in [0.1, 0.15) is 18.5 Å². The van der Waals surface area contributed by atoms with Crippen LogP contribution in [0.15, 0.2) is 77.7 Å². The first kappa shape index (κ1) is 35.9. The lowest BCUT2D eigenvalue weighted by Crippen LogP contribution is -2.52. The maximum atomic E-state index is 14.1. The number of nitrogens with zero attached hydrogens (tertiary/aromatic N) is 1. The van der Waals surface area contributed by atoms with Crippen LogP contribution in [0.25, 0.3) is 0 Å². The highest BCUT2D eigenvalue weighted by Gasteiger charge is 2.44. The van der Waals surface area contributed by atoms with Gasteiger partial charge in [0.15, 0.2) is 17.8 Å². The number of aliphatic hydroxyl groups is 1. The average molecular weight is 711 g/mol. The number of rotatable bonds is 16. The molecule has 3 heterocycles. The number of carbonyl (C=O) groups is 1. The minimum absolute atomic E-state index is 0.0139. The number of hydrogen-bond donors (Lipinski definition) is 2. The molecule has 3 aromatic rings. The Kier molecular flexibility index (Phi) is 11.8. The molecule has 0 bridgehead atoms. The van der Waals surface area contributed by atoms with Gasteiger partial charge >= 0.3 is 6.09 Å². The lowest BCUT2D eigenvalue weighted by Gasteiger charge is -2.31. The summed E-state index contributed by atoms with van der Waals surface area (Å²) < 4.78 is 63.3. The molecular formula is C37H46N2O10S. The minimum Gasteiger partial charge on any atom is -0.489 e. The van der Waals surface area contributed by atoms with Crippen molar-refractivity contribution in [1.29, 1.82) is 0 Å². The maximum absolute atomic E-state index is 14.1. The van der Waals surface area contributed by atoms with E-state index in [1.54, 1.807) is 6.07 Å². The fraction of sp³-hybridized carbons (Fsp3) is 0.486. The summed E-state index contributed by atoms with van der Waals surface area (Å²) in [7, 11) is -4.08. The molecule has 3 aromatic carbocycles. The number of aliphatic hydroxyl groups excluding tert-OH is 1. The molecule has 13 heteroatoms. The van der Waals surface area contributed by atoms with E-state index in [2.05, 4.69) is 5.32 Å². The third-order valence-electron chi connectivity index (χ3n) is 9.63. The zero-order chi connectivity index (χ0) is 35.1. The average Bonchev–Trinajstić information content (AvgIpc) is 3.89. The van der Waals surface area contributed by atoms with E-state index in [0.29, 0.717) is 30.5 Å². The van der Waals surface area contributed by atoms with E-state index in [-0.39, 0.29) is 49.6 Å². The van der Waals surface area contributed by atoms with Crippen LogP contribution in [0.1, 0.15) is 44.2 Å². The zero-order valence-electron chi connectivity index (χ0n) is 28.4. The molecule has 2 fully saturated rings. The van der Waals surface area contributed by atoms with Crippen LogP contribution in [-0.2, 0) is 37.3 Å². The Morgan fingerprint density at radius 2 is 1.72 bits per heavy atom. The Morgan fingerprint density at radius 3 is 2.48 bits per heavy atom. The van der Waals surface area contributed by atoms with E-state index in [0.717, 1.165) is 30.4 Å². The van der Waals surface area contributed by atoms with Gasteiger partial charge in [0.2, 0.25) is 16.8 Å². The second-order valence-corrected chi connectivity index (χ2v) is 14.9. The molecule has 3 aliphatic heterocycles. The second-order valence-electron chi connectivity index (χ2n) is 12.9. The molecule has 6 rings (SSSR count). The lowest BCUT2D eigenvalue weighted by atomic mass is 10.00. The van der Waals surface area contributed by atoms with Crippen molar-refractivity contribution in [2.45, 2.75) is 75.6 Å². The Labute approximate surface area is 293 Å². The van der Waals surface area contributed by atoms with Gasteiger partial charge in [0, 0.05) is 19.2 Å². The van der Waals surface area contributed by atoms with E-state index in [1.165, 1.54) is 16.4 Å². The monoisotopic (exact) mass is 710 g/mol. The van der Waals surface area contributed by atoms with Crippen LogP contribution >= 0.6 is 0 Å². The Morgan fingerprint density at radius 1 is 0.960 bits per heavy atom. The van der Waals surface area contributed by atoms with Crippen LogP contribution in [0.5, 0.6) is 17.2 Å². The fourth-order valence-corrected chi connectivity index (χ4v) is 8.05. The summed E-state index contributed by atoms with van der Waals surface area (Å²) in [6.45, 7) is 5.13. The molecule has 1 amide bonds. The summed E-state index contributed by atoms with van der Waals surface area (Å²) in [6, 6.07) is 20.8. The molecular weight excluding hydrogens is 664 g/mol. The van der Waals surface area contributed by atoms with E-state index in [4.69, 9.17) is 28.4 Å². The predicted octanol–water partition coefficient (Wildman–Crippen LogP) is 4.88. The van der Waals surface area contributed by atoms with E-state index >= 15 is 0 Å². The van der Waals surface area contributed by atoms with E-state index < -0.39 is 40.7 Å². The number of hydrogen-bond acceptors (Lipinski definition) is 10. The number of ether oxygens (including phenoxy) is 6. The van der Waals surface area contributed by atoms with Gasteiger partial charge in [-0.2, -0.15) is 4.31 Å². The third-order valence-corrected chi connectivity index (χ3v) is 11.5. The quantitative estimate of drug-likeness (QED) is 0.211. The zero-order valence-corrected chi connectivity index (χ0v) is 29.3. The van der Waals surface area contributed by atoms with Gasteiger partial charge in [-0.15, -0.1) is 0 Å². The molecule has 0 saturated carbocycles. The van der Waals surface area contributed by atoms with Crippen molar-refractivity contribution in [2.75, 3.05) is 33.1 Å². The van der Waals surface area contributed by atoms with Gasteiger partial charge in [0.05, 0.1) is 36.2 Å². The van der Waals surface area contributed by atoms with Gasteiger partial charge in [0.25, 0.3) is 0 Å². The van der Waals surface area contributed by atoms with Gasteiger partial charge in [-0.3, -0.25) is 0 Å². The van der Waals surface area contributed by atoms with Crippen molar-refractivity contribution in [3.8, 4) is 17.2 Å². The SMILES string of the molecule is CCC(CC)CN(C[C@@H](O)[C@H](Cc1ccc(OCc2ccccc2)cc1)NC(=O)O[C@H]1CO[C@H]2OCC[C@H]21)S(=O)(=O)c1ccc2c(c1)OCO2. The smallest absolute Gasteiger partial charge is 0.407 e. The molecule has 0 unspecified atom stereocenters. The fourth-order valence-electron chi connectivity index (χ4n) is 6.50. The number of nitrogens with one attached hydrogen (secondary N) is 1. The number of sulfonamides is 1. The van der Waals surface area contributed by atoms with Crippen LogP contribution in [0, 0.1) is 11.8 Å². The summed E-state index contributed by atoms with van der Waals surface area (Å²) >= 11 is 0. The molecule has 0 aliphatic carbocycles. The van der Waals surface area contributed by atoms with Crippen molar-refractivity contribution < 1.29 is 46.7 Å². The molecule has 5 atom stereocenters. The Bertz CT molecular complexity index is 1670. The van der Waals surface area contributed by atoms with Crippen LogP contribution in [0.2, 0.25) is 0 Å². The second kappa shape index (κ2) is 16.4. The molecule has 0 aromatic heterocycles. The van der Waals surface area contributed by atoms with Crippen LogP contribution in [0.3, 0.4) is 0 Å². The highest BCUT2D eigenvalue weighted by molar-refractivity contribution is 7.89. The van der Waals surface area contributed by atoms with Crippen molar-refractivity contribution >= 4 is 16.1 Å². The van der Waals surface area contributed by atoms with Crippen LogP contribution in [0.4, 0.5) is 4.79 Å². The van der Waals surface area contributed by atoms with Crippen molar-refractivity contribution in [1.82, 2.24) is 9.62 Å². The molecule has 2 N–H and O–H groups in total. The first-order valence-electron chi connectivity index (χ1n) is 17.3. The maximum Gasteiger partial charge on any atom is 0.407 e. The minimum atomic E-state index is -4.08. The molecule has 12 nitrogen and oxygen atoms in total. The summed E-state index contributed by atoms with van der Waals surface area (Å²) in [5.41, 5.74) is 1.85. The summed E-state index contributed by atoms with van der Waals surface area (Å²) in [4.78, 5) is 13.4. The number of fused-ring (bicyclic) bond motifs is 2. The molecule has 0 spiro atoms. The normalized spacial score (nSPS) is 20.9. The molecule has 270 valence electrons. The summed E-state index contributed by atoms with van der Waals surface area (Å²) in [5.74, 6) is 1.48. The summed E-state index contributed by atoms with van der Waals surface area (Å²) in [6.07, 6.45) is -0.468. The first-order valence-corrected chi connectivity index (χ1v) is 18.7. The van der Waals surface area contributed by atoms with Gasteiger partial charge in [-0.1, -0.05) is 69.2 Å².